The molecule has 0 saturated carbocycles. The van der Waals surface area contributed by atoms with Crippen molar-refractivity contribution in [2.45, 2.75) is 33.2 Å². The highest BCUT2D eigenvalue weighted by Crippen LogP contribution is 2.19. The van der Waals surface area contributed by atoms with Gasteiger partial charge in [-0.15, -0.1) is 0 Å². The largest absolute Gasteiger partial charge is 0.369 e. The second-order valence-electron chi connectivity index (χ2n) is 8.45. The first kappa shape index (κ1) is 20.4. The van der Waals surface area contributed by atoms with Crippen molar-refractivity contribution < 1.29 is 4.79 Å². The highest BCUT2D eigenvalue weighted by atomic mass is 16.2. The number of amides is 1. The molecule has 0 spiro atoms. The summed E-state index contributed by atoms with van der Waals surface area (Å²) >= 11 is 0. The quantitative estimate of drug-likeness (QED) is 0.659. The van der Waals surface area contributed by atoms with Gasteiger partial charge in [-0.25, -0.2) is 0 Å². The second kappa shape index (κ2) is 8.88. The van der Waals surface area contributed by atoms with Crippen LogP contribution in [-0.4, -0.2) is 59.8 Å². The van der Waals surface area contributed by atoms with Gasteiger partial charge in [-0.2, -0.15) is 5.10 Å². The van der Waals surface area contributed by atoms with Crippen LogP contribution in [0.2, 0.25) is 0 Å². The lowest BCUT2D eigenvalue weighted by Gasteiger charge is -2.36. The molecule has 1 aliphatic rings. The summed E-state index contributed by atoms with van der Waals surface area (Å²) in [6.07, 6.45) is 0.928. The molecule has 4 rings (SSSR count). The fourth-order valence-corrected chi connectivity index (χ4v) is 4.10. The van der Waals surface area contributed by atoms with E-state index in [2.05, 4.69) is 63.4 Å². The summed E-state index contributed by atoms with van der Waals surface area (Å²) in [6.45, 7) is 11.4. The van der Waals surface area contributed by atoms with Crippen LogP contribution in [-0.2, 0) is 0 Å². The molecule has 1 fully saturated rings. The Morgan fingerprint density at radius 1 is 1.10 bits per heavy atom. The third-order valence-electron chi connectivity index (χ3n) is 5.93. The highest BCUT2D eigenvalue weighted by Gasteiger charge is 2.20. The van der Waals surface area contributed by atoms with E-state index in [1.54, 1.807) is 0 Å². The van der Waals surface area contributed by atoms with Crippen molar-refractivity contribution in [1.29, 1.82) is 0 Å². The molecule has 1 atom stereocenters. The Labute approximate surface area is 178 Å². The minimum Gasteiger partial charge on any atom is -0.369 e. The summed E-state index contributed by atoms with van der Waals surface area (Å²) in [5, 5.41) is 11.2. The highest BCUT2D eigenvalue weighted by molar-refractivity contribution is 6.04. The van der Waals surface area contributed by atoms with Gasteiger partial charge in [-0.1, -0.05) is 23.8 Å². The smallest absolute Gasteiger partial charge is 0.272 e. The summed E-state index contributed by atoms with van der Waals surface area (Å²) < 4.78 is 0. The number of aromatic nitrogens is 2. The average molecular weight is 406 g/mol. The van der Waals surface area contributed by atoms with Gasteiger partial charge in [-0.3, -0.25) is 14.8 Å². The lowest BCUT2D eigenvalue weighted by molar-refractivity contribution is 0.0931. The van der Waals surface area contributed by atoms with Gasteiger partial charge < -0.3 is 10.2 Å². The second-order valence-corrected chi connectivity index (χ2v) is 8.45. The molecule has 1 aromatic heterocycles. The third-order valence-corrected chi connectivity index (χ3v) is 5.93. The number of nitrogens with zero attached hydrogens (tertiary/aromatic N) is 3. The van der Waals surface area contributed by atoms with Gasteiger partial charge in [0.1, 0.15) is 0 Å². The number of carbonyl (C=O) groups excluding carboxylic acids is 1. The van der Waals surface area contributed by atoms with Gasteiger partial charge in [0.25, 0.3) is 5.91 Å². The minimum absolute atomic E-state index is 0.101. The zero-order valence-corrected chi connectivity index (χ0v) is 18.1. The fraction of sp³-hybridized carbons (Fsp3) is 0.417. The molecular weight excluding hydrogens is 374 g/mol. The molecule has 1 aliphatic heterocycles. The average Bonchev–Trinajstić information content (AvgIpc) is 3.16. The SMILES string of the molecule is Cc1cccc(N2CCN(CCC(C)NC(=O)c3n[nH]c4ccc(C)cc34)CC2)c1. The third kappa shape index (κ3) is 4.65. The van der Waals surface area contributed by atoms with Gasteiger partial charge in [0, 0.05) is 49.8 Å². The van der Waals surface area contributed by atoms with Crippen LogP contribution in [0.15, 0.2) is 42.5 Å². The van der Waals surface area contributed by atoms with E-state index in [0.717, 1.165) is 55.6 Å². The summed E-state index contributed by atoms with van der Waals surface area (Å²) in [5.74, 6) is -0.108. The van der Waals surface area contributed by atoms with E-state index in [0.29, 0.717) is 5.69 Å². The van der Waals surface area contributed by atoms with Crippen LogP contribution in [0, 0.1) is 13.8 Å². The number of piperazine rings is 1. The number of rotatable bonds is 6. The lowest BCUT2D eigenvalue weighted by atomic mass is 10.1. The molecule has 0 bridgehead atoms. The Hall–Kier alpha value is -2.86. The number of benzene rings is 2. The standard InChI is InChI=1S/C24H31N5O/c1-17-5-4-6-20(15-17)29-13-11-28(12-14-29)10-9-19(3)25-24(30)23-21-16-18(2)7-8-22(21)26-27-23/h4-8,15-16,19H,9-14H2,1-3H3,(H,25,30)(H,26,27). The maximum Gasteiger partial charge on any atom is 0.272 e. The first-order valence-electron chi connectivity index (χ1n) is 10.8. The van der Waals surface area contributed by atoms with E-state index in [9.17, 15) is 4.79 Å². The van der Waals surface area contributed by atoms with E-state index < -0.39 is 0 Å². The number of anilines is 1. The first-order valence-corrected chi connectivity index (χ1v) is 10.8. The zero-order chi connectivity index (χ0) is 21.1. The van der Waals surface area contributed by atoms with E-state index in [4.69, 9.17) is 0 Å². The predicted octanol–water partition coefficient (Wildman–Crippen LogP) is 3.51. The van der Waals surface area contributed by atoms with Crippen LogP contribution >= 0.6 is 0 Å². The molecule has 6 nitrogen and oxygen atoms in total. The number of aryl methyl sites for hydroxylation is 2. The van der Waals surface area contributed by atoms with Gasteiger partial charge >= 0.3 is 0 Å². The molecule has 0 radical (unpaired) electrons. The Morgan fingerprint density at radius 3 is 2.63 bits per heavy atom. The van der Waals surface area contributed by atoms with Gasteiger partial charge in [0.15, 0.2) is 5.69 Å². The Morgan fingerprint density at radius 2 is 1.87 bits per heavy atom. The number of carbonyl (C=O) groups is 1. The van der Waals surface area contributed by atoms with Crippen LogP contribution in [0.25, 0.3) is 10.9 Å². The molecule has 1 unspecified atom stereocenters. The lowest BCUT2D eigenvalue weighted by Crippen LogP contribution is -2.47. The van der Waals surface area contributed by atoms with Gasteiger partial charge in [-0.05, 0) is 57.0 Å². The van der Waals surface area contributed by atoms with Crippen molar-refractivity contribution in [2.24, 2.45) is 0 Å². The van der Waals surface area contributed by atoms with Gasteiger partial charge in [0.05, 0.1) is 5.52 Å². The maximum absolute atomic E-state index is 12.7. The number of hydrogen-bond acceptors (Lipinski definition) is 4. The number of aromatic amines is 1. The van der Waals surface area contributed by atoms with Crippen LogP contribution in [0.1, 0.15) is 35.0 Å². The van der Waals surface area contributed by atoms with E-state index in [1.807, 2.05) is 25.1 Å². The van der Waals surface area contributed by atoms with E-state index in [-0.39, 0.29) is 11.9 Å². The van der Waals surface area contributed by atoms with Gasteiger partial charge in [0.2, 0.25) is 0 Å². The Bertz CT molecular complexity index is 1020. The number of nitrogens with one attached hydrogen (secondary N) is 2. The fourth-order valence-electron chi connectivity index (χ4n) is 4.10. The molecule has 30 heavy (non-hydrogen) atoms. The summed E-state index contributed by atoms with van der Waals surface area (Å²) in [7, 11) is 0. The van der Waals surface area contributed by atoms with Crippen LogP contribution in [0.4, 0.5) is 5.69 Å². The molecule has 2 aromatic carbocycles. The normalized spacial score (nSPS) is 16.0. The van der Waals surface area contributed by atoms with Crippen LogP contribution in [0.3, 0.4) is 0 Å². The molecule has 1 saturated heterocycles. The molecule has 1 amide bonds. The number of H-pyrrole nitrogens is 1. The molecule has 2 heterocycles. The van der Waals surface area contributed by atoms with Crippen LogP contribution < -0.4 is 10.2 Å². The maximum atomic E-state index is 12.7. The summed E-state index contributed by atoms with van der Waals surface area (Å²) in [6, 6.07) is 14.8. The molecule has 6 heteroatoms. The molecule has 2 N–H and O–H groups in total. The Kier molecular flexibility index (Phi) is 6.04. The van der Waals surface area contributed by atoms with Crippen molar-refractivity contribution in [1.82, 2.24) is 20.4 Å². The van der Waals surface area contributed by atoms with Crippen molar-refractivity contribution in [3.8, 4) is 0 Å². The van der Waals surface area contributed by atoms with Crippen molar-refractivity contribution >= 4 is 22.5 Å². The van der Waals surface area contributed by atoms with E-state index in [1.165, 1.54) is 11.3 Å². The predicted molar refractivity (Wildman–Crippen MR) is 122 cm³/mol. The first-order chi connectivity index (χ1) is 14.5. The van der Waals surface area contributed by atoms with Crippen molar-refractivity contribution in [2.75, 3.05) is 37.6 Å². The summed E-state index contributed by atoms with van der Waals surface area (Å²) in [4.78, 5) is 17.7. The molecular formula is C24H31N5O. The topological polar surface area (TPSA) is 64.3 Å². The zero-order valence-electron chi connectivity index (χ0n) is 18.1. The van der Waals surface area contributed by atoms with Crippen molar-refractivity contribution in [3.05, 3.63) is 59.3 Å². The molecule has 0 aliphatic carbocycles. The molecule has 3 aromatic rings. The molecule has 158 valence electrons. The minimum atomic E-state index is -0.108. The van der Waals surface area contributed by atoms with Crippen molar-refractivity contribution in [3.63, 3.8) is 0 Å². The monoisotopic (exact) mass is 405 g/mol. The summed E-state index contributed by atoms with van der Waals surface area (Å²) in [5.41, 5.74) is 5.11. The Balaban J connectivity index is 1.25. The van der Waals surface area contributed by atoms with E-state index >= 15 is 0 Å². The number of fused-ring (bicyclic) bond motifs is 1. The number of hydrogen-bond donors (Lipinski definition) is 2. The van der Waals surface area contributed by atoms with Crippen LogP contribution in [0.5, 0.6) is 0 Å².